The molecule has 0 aromatic heterocycles. The number of rotatable bonds is 12. The van der Waals surface area contributed by atoms with Gasteiger partial charge in [-0.05, 0) is 55.3 Å². The van der Waals surface area contributed by atoms with Crippen molar-refractivity contribution in [3.63, 3.8) is 0 Å². The van der Waals surface area contributed by atoms with Crippen LogP contribution in [0, 0.1) is 0 Å². The standard InChI is InChI=1S/C30H32N4O8S/c1-3-39-29(35)26(33-43(2,37)38)17-20-9-15-24(16-10-20)40-19-25-18-34(30(36)41-25)23-13-11-21(12-14-23)27-31-28(42-32-27)22-7-5-4-6-8-22/h4-16,25-26,28,33H,3,17-19H2,1-2H3,(H,31,32). The molecule has 226 valence electrons. The molecule has 0 bridgehead atoms. The maximum Gasteiger partial charge on any atom is 0.414 e. The van der Waals surface area contributed by atoms with Gasteiger partial charge < -0.3 is 14.2 Å². The number of amides is 1. The highest BCUT2D eigenvalue weighted by Gasteiger charge is 2.33. The minimum absolute atomic E-state index is 0.115. The molecule has 0 spiro atoms. The highest BCUT2D eigenvalue weighted by molar-refractivity contribution is 7.88. The van der Waals surface area contributed by atoms with Crippen LogP contribution in [0.2, 0.25) is 0 Å². The van der Waals surface area contributed by atoms with Crippen molar-refractivity contribution in [2.45, 2.75) is 31.7 Å². The van der Waals surface area contributed by atoms with Gasteiger partial charge in [0.1, 0.15) is 18.4 Å². The number of sulfonamides is 1. The molecule has 1 amide bonds. The van der Waals surface area contributed by atoms with Gasteiger partial charge in [0.25, 0.3) is 0 Å². The van der Waals surface area contributed by atoms with Gasteiger partial charge in [-0.15, -0.1) is 0 Å². The van der Waals surface area contributed by atoms with Crippen molar-refractivity contribution < 1.29 is 37.1 Å². The van der Waals surface area contributed by atoms with Gasteiger partial charge >= 0.3 is 12.1 Å². The van der Waals surface area contributed by atoms with Crippen molar-refractivity contribution >= 4 is 33.6 Å². The van der Waals surface area contributed by atoms with E-state index in [1.807, 2.05) is 54.6 Å². The number of aliphatic imine (C=N–C) groups is 1. The van der Waals surface area contributed by atoms with E-state index in [9.17, 15) is 18.0 Å². The summed E-state index contributed by atoms with van der Waals surface area (Å²) in [7, 11) is -3.61. The maximum atomic E-state index is 12.6. The number of cyclic esters (lactones) is 1. The summed E-state index contributed by atoms with van der Waals surface area (Å²) in [5.41, 5.74) is 6.02. The predicted octanol–water partition coefficient (Wildman–Crippen LogP) is 3.09. The van der Waals surface area contributed by atoms with Crippen LogP contribution in [0.4, 0.5) is 10.5 Å². The first-order valence-corrected chi connectivity index (χ1v) is 15.6. The minimum Gasteiger partial charge on any atom is -0.490 e. The van der Waals surface area contributed by atoms with E-state index in [1.165, 1.54) is 0 Å². The first-order valence-electron chi connectivity index (χ1n) is 13.7. The molecule has 0 radical (unpaired) electrons. The second-order valence-electron chi connectivity index (χ2n) is 9.98. The average molecular weight is 609 g/mol. The summed E-state index contributed by atoms with van der Waals surface area (Å²) < 4.78 is 42.0. The number of anilines is 1. The quantitative estimate of drug-likeness (QED) is 0.296. The number of esters is 1. The number of hydrogen-bond acceptors (Lipinski definition) is 10. The van der Waals surface area contributed by atoms with Crippen LogP contribution in [0.1, 0.15) is 29.8 Å². The number of ether oxygens (including phenoxy) is 3. The molecule has 2 aliphatic rings. The molecular weight excluding hydrogens is 576 g/mol. The second-order valence-corrected chi connectivity index (χ2v) is 11.8. The van der Waals surface area contributed by atoms with Crippen molar-refractivity contribution in [1.82, 2.24) is 10.2 Å². The molecule has 1 saturated heterocycles. The molecule has 3 aromatic carbocycles. The number of hydrogen-bond donors (Lipinski definition) is 2. The summed E-state index contributed by atoms with van der Waals surface area (Å²) in [5, 5.41) is 0. The highest BCUT2D eigenvalue weighted by Crippen LogP contribution is 2.26. The minimum atomic E-state index is -3.61. The van der Waals surface area contributed by atoms with Crippen LogP contribution in [-0.4, -0.2) is 64.5 Å². The van der Waals surface area contributed by atoms with Crippen molar-refractivity contribution in [1.29, 1.82) is 0 Å². The van der Waals surface area contributed by atoms with Gasteiger partial charge in [-0.1, -0.05) is 42.5 Å². The third kappa shape index (κ3) is 7.89. The Labute approximate surface area is 249 Å². The van der Waals surface area contributed by atoms with Crippen LogP contribution in [0.5, 0.6) is 5.75 Å². The van der Waals surface area contributed by atoms with E-state index in [0.29, 0.717) is 29.4 Å². The molecule has 0 saturated carbocycles. The van der Waals surface area contributed by atoms with E-state index >= 15 is 0 Å². The number of carbonyl (C=O) groups is 2. The number of amidine groups is 1. The molecular formula is C30H32N4O8S. The molecule has 2 N–H and O–H groups in total. The van der Waals surface area contributed by atoms with Gasteiger partial charge in [0, 0.05) is 16.8 Å². The van der Waals surface area contributed by atoms with Crippen LogP contribution < -0.4 is 19.8 Å². The fourth-order valence-corrected chi connectivity index (χ4v) is 5.31. The number of carbonyl (C=O) groups excluding carboxylic acids is 2. The van der Waals surface area contributed by atoms with E-state index in [1.54, 1.807) is 36.1 Å². The normalized spacial score (nSPS) is 18.9. The van der Waals surface area contributed by atoms with E-state index < -0.39 is 40.5 Å². The topological polar surface area (TPSA) is 145 Å². The third-order valence-electron chi connectivity index (χ3n) is 6.65. The van der Waals surface area contributed by atoms with Crippen molar-refractivity contribution in [3.05, 3.63) is 95.6 Å². The van der Waals surface area contributed by atoms with Gasteiger partial charge in [-0.2, -0.15) is 0 Å². The van der Waals surface area contributed by atoms with Crippen LogP contribution in [0.25, 0.3) is 0 Å². The average Bonchev–Trinajstić information content (AvgIpc) is 3.64. The number of hydroxylamine groups is 1. The zero-order chi connectivity index (χ0) is 30.4. The zero-order valence-corrected chi connectivity index (χ0v) is 24.5. The lowest BCUT2D eigenvalue weighted by atomic mass is 10.1. The fourth-order valence-electron chi connectivity index (χ4n) is 4.61. The summed E-state index contributed by atoms with van der Waals surface area (Å²) in [5.74, 6) is 0.488. The SMILES string of the molecule is CCOC(=O)C(Cc1ccc(OCC2CN(c3ccc(C4=NC(c5ccccc5)ON4)cc3)C(=O)O2)cc1)NS(C)(=O)=O. The molecule has 3 atom stereocenters. The lowest BCUT2D eigenvalue weighted by Crippen LogP contribution is -2.42. The highest BCUT2D eigenvalue weighted by atomic mass is 32.2. The van der Waals surface area contributed by atoms with Gasteiger partial charge in [0.15, 0.2) is 11.9 Å². The summed E-state index contributed by atoms with van der Waals surface area (Å²) in [6.07, 6.45) is -0.282. The third-order valence-corrected chi connectivity index (χ3v) is 7.36. The van der Waals surface area contributed by atoms with E-state index in [0.717, 1.165) is 17.4 Å². The monoisotopic (exact) mass is 608 g/mol. The molecule has 3 aromatic rings. The largest absolute Gasteiger partial charge is 0.490 e. The van der Waals surface area contributed by atoms with Gasteiger partial charge in [-0.25, -0.2) is 33.2 Å². The van der Waals surface area contributed by atoms with E-state index in [2.05, 4.69) is 15.2 Å². The molecule has 43 heavy (non-hydrogen) atoms. The lowest BCUT2D eigenvalue weighted by molar-refractivity contribution is -0.145. The zero-order valence-electron chi connectivity index (χ0n) is 23.6. The molecule has 3 unspecified atom stereocenters. The Bertz CT molecular complexity index is 1560. The fraction of sp³-hybridized carbons (Fsp3) is 0.300. The second kappa shape index (κ2) is 13.2. The van der Waals surface area contributed by atoms with Gasteiger partial charge in [-0.3, -0.25) is 9.69 Å². The van der Waals surface area contributed by atoms with Gasteiger partial charge in [0.2, 0.25) is 16.3 Å². The van der Waals surface area contributed by atoms with E-state index in [-0.39, 0.29) is 19.6 Å². The number of nitrogens with zero attached hydrogens (tertiary/aromatic N) is 2. The summed E-state index contributed by atoms with van der Waals surface area (Å²) >= 11 is 0. The Morgan fingerprint density at radius 1 is 1.09 bits per heavy atom. The van der Waals surface area contributed by atoms with Crippen LogP contribution >= 0.6 is 0 Å². The molecule has 1 fully saturated rings. The Morgan fingerprint density at radius 2 is 1.81 bits per heavy atom. The number of nitrogens with one attached hydrogen (secondary N) is 2. The Balaban J connectivity index is 1.14. The number of benzene rings is 3. The van der Waals surface area contributed by atoms with Crippen LogP contribution in [0.3, 0.4) is 0 Å². The maximum absolute atomic E-state index is 12.6. The Morgan fingerprint density at radius 3 is 2.49 bits per heavy atom. The molecule has 12 nitrogen and oxygen atoms in total. The Kier molecular flexibility index (Phi) is 9.24. The van der Waals surface area contributed by atoms with E-state index in [4.69, 9.17) is 19.0 Å². The molecule has 2 heterocycles. The lowest BCUT2D eigenvalue weighted by Gasteiger charge is -2.16. The van der Waals surface area contributed by atoms with Crippen molar-refractivity contribution in [3.8, 4) is 5.75 Å². The van der Waals surface area contributed by atoms with Crippen LogP contribution in [0.15, 0.2) is 83.9 Å². The summed E-state index contributed by atoms with van der Waals surface area (Å²) in [6.45, 7) is 2.24. The van der Waals surface area contributed by atoms with Crippen LogP contribution in [-0.2, 0) is 35.5 Å². The molecule has 5 rings (SSSR count). The molecule has 2 aliphatic heterocycles. The summed E-state index contributed by atoms with van der Waals surface area (Å²) in [6, 6.07) is 22.9. The predicted molar refractivity (Wildman–Crippen MR) is 158 cm³/mol. The molecule has 0 aliphatic carbocycles. The van der Waals surface area contributed by atoms with Gasteiger partial charge in [0.05, 0.1) is 19.4 Å². The van der Waals surface area contributed by atoms with Crippen molar-refractivity contribution in [2.75, 3.05) is 30.9 Å². The first-order chi connectivity index (χ1) is 20.7. The van der Waals surface area contributed by atoms with Crippen molar-refractivity contribution in [2.24, 2.45) is 4.99 Å². The smallest absolute Gasteiger partial charge is 0.414 e. The Hall–Kier alpha value is -4.46. The molecule has 13 heteroatoms. The first kappa shape index (κ1) is 30.0. The summed E-state index contributed by atoms with van der Waals surface area (Å²) in [4.78, 5) is 36.5.